The van der Waals surface area contributed by atoms with Crippen LogP contribution in [-0.4, -0.2) is 25.6 Å². The first-order valence-corrected chi connectivity index (χ1v) is 3.90. The van der Waals surface area contributed by atoms with Crippen molar-refractivity contribution in [3.8, 4) is 0 Å². The van der Waals surface area contributed by atoms with Crippen molar-refractivity contribution < 1.29 is 9.90 Å². The van der Waals surface area contributed by atoms with Gasteiger partial charge in [0.1, 0.15) is 5.65 Å². The summed E-state index contributed by atoms with van der Waals surface area (Å²) in [5, 5.41) is 9.34. The smallest absolute Gasteiger partial charge is 0.374 e. The van der Waals surface area contributed by atoms with Crippen molar-refractivity contribution in [1.82, 2.24) is 14.5 Å². The number of aromatic carboxylic acids is 1. The Balaban J connectivity index is 2.77. The SMILES string of the molecule is Cn1cc(N)c2cnc(C(=O)O)nc21. The van der Waals surface area contributed by atoms with E-state index in [1.165, 1.54) is 6.20 Å². The second-order valence-electron chi connectivity index (χ2n) is 2.93. The Hall–Kier alpha value is -2.11. The first-order chi connectivity index (χ1) is 6.59. The van der Waals surface area contributed by atoms with Gasteiger partial charge in [-0.1, -0.05) is 0 Å². The van der Waals surface area contributed by atoms with Gasteiger partial charge in [-0.15, -0.1) is 0 Å². The van der Waals surface area contributed by atoms with E-state index in [0.717, 1.165) is 0 Å². The molecule has 6 nitrogen and oxygen atoms in total. The predicted octanol–water partition coefficient (Wildman–Crippen LogP) is 0.249. The summed E-state index contributed by atoms with van der Waals surface area (Å²) in [7, 11) is 1.75. The summed E-state index contributed by atoms with van der Waals surface area (Å²) < 4.78 is 1.67. The van der Waals surface area contributed by atoms with Gasteiger partial charge in [-0.2, -0.15) is 0 Å². The summed E-state index contributed by atoms with van der Waals surface area (Å²) in [5.74, 6) is -1.37. The van der Waals surface area contributed by atoms with E-state index >= 15 is 0 Å². The fourth-order valence-corrected chi connectivity index (χ4v) is 1.29. The third kappa shape index (κ3) is 1.08. The summed E-state index contributed by atoms with van der Waals surface area (Å²) in [6.07, 6.45) is 3.09. The van der Waals surface area contributed by atoms with Gasteiger partial charge in [0.15, 0.2) is 0 Å². The van der Waals surface area contributed by atoms with Gasteiger partial charge in [0.2, 0.25) is 5.82 Å². The lowest BCUT2D eigenvalue weighted by Crippen LogP contribution is -2.04. The maximum absolute atomic E-state index is 10.6. The lowest BCUT2D eigenvalue weighted by molar-refractivity contribution is 0.0684. The van der Waals surface area contributed by atoms with Crippen LogP contribution in [0.2, 0.25) is 0 Å². The molecule has 2 heterocycles. The number of aryl methyl sites for hydroxylation is 1. The number of fused-ring (bicyclic) bond motifs is 1. The molecular formula is C8H8N4O2. The fourth-order valence-electron chi connectivity index (χ4n) is 1.29. The average Bonchev–Trinajstić information content (AvgIpc) is 2.42. The molecule has 0 atom stereocenters. The molecule has 0 aliphatic heterocycles. The van der Waals surface area contributed by atoms with Gasteiger partial charge in [0.25, 0.3) is 0 Å². The molecule has 0 fully saturated rings. The summed E-state index contributed by atoms with van der Waals surface area (Å²) in [5.41, 5.74) is 6.72. The lowest BCUT2D eigenvalue weighted by atomic mass is 10.3. The molecule has 2 rings (SSSR count). The number of hydrogen-bond acceptors (Lipinski definition) is 4. The van der Waals surface area contributed by atoms with Crippen LogP contribution in [0, 0.1) is 0 Å². The van der Waals surface area contributed by atoms with Crippen LogP contribution in [0.1, 0.15) is 10.6 Å². The number of carboxylic acid groups (broad SMARTS) is 1. The van der Waals surface area contributed by atoms with E-state index in [4.69, 9.17) is 10.8 Å². The van der Waals surface area contributed by atoms with Crippen LogP contribution >= 0.6 is 0 Å². The third-order valence-corrected chi connectivity index (χ3v) is 1.94. The van der Waals surface area contributed by atoms with Crippen LogP contribution in [0.4, 0.5) is 5.69 Å². The molecule has 0 unspecified atom stereocenters. The van der Waals surface area contributed by atoms with E-state index in [0.29, 0.717) is 16.7 Å². The van der Waals surface area contributed by atoms with Gasteiger partial charge in [-0.25, -0.2) is 14.8 Å². The molecule has 0 aromatic carbocycles. The Morgan fingerprint density at radius 1 is 1.64 bits per heavy atom. The van der Waals surface area contributed by atoms with Crippen molar-refractivity contribution in [2.75, 3.05) is 5.73 Å². The second kappa shape index (κ2) is 2.69. The Morgan fingerprint density at radius 3 is 3.00 bits per heavy atom. The predicted molar refractivity (Wildman–Crippen MR) is 49.9 cm³/mol. The number of rotatable bonds is 1. The molecular weight excluding hydrogens is 184 g/mol. The molecule has 0 saturated heterocycles. The molecule has 0 aliphatic carbocycles. The van der Waals surface area contributed by atoms with Crippen molar-refractivity contribution in [1.29, 1.82) is 0 Å². The largest absolute Gasteiger partial charge is 0.475 e. The first-order valence-electron chi connectivity index (χ1n) is 3.90. The first kappa shape index (κ1) is 8.49. The third-order valence-electron chi connectivity index (χ3n) is 1.94. The quantitative estimate of drug-likeness (QED) is 0.675. The fraction of sp³-hybridized carbons (Fsp3) is 0.125. The minimum absolute atomic E-state index is 0.223. The summed E-state index contributed by atoms with van der Waals surface area (Å²) >= 11 is 0. The Labute approximate surface area is 79.0 Å². The van der Waals surface area contributed by atoms with Crippen LogP contribution in [-0.2, 0) is 7.05 Å². The normalized spacial score (nSPS) is 10.6. The van der Waals surface area contributed by atoms with E-state index in [9.17, 15) is 4.79 Å². The minimum atomic E-state index is -1.15. The molecule has 0 spiro atoms. The lowest BCUT2D eigenvalue weighted by Gasteiger charge is -1.95. The number of aromatic nitrogens is 3. The Kier molecular flexibility index (Phi) is 1.63. The van der Waals surface area contributed by atoms with Crippen molar-refractivity contribution in [3.05, 3.63) is 18.2 Å². The van der Waals surface area contributed by atoms with Crippen molar-refractivity contribution >= 4 is 22.7 Å². The van der Waals surface area contributed by atoms with Gasteiger partial charge >= 0.3 is 5.97 Å². The molecule has 3 N–H and O–H groups in total. The molecule has 0 amide bonds. The highest BCUT2D eigenvalue weighted by molar-refractivity contribution is 5.91. The van der Waals surface area contributed by atoms with Crippen molar-refractivity contribution in [2.24, 2.45) is 7.05 Å². The van der Waals surface area contributed by atoms with Crippen LogP contribution in [0.3, 0.4) is 0 Å². The van der Waals surface area contributed by atoms with Gasteiger partial charge in [0.05, 0.1) is 11.1 Å². The summed E-state index contributed by atoms with van der Waals surface area (Å²) in [4.78, 5) is 18.1. The van der Waals surface area contributed by atoms with E-state index in [1.807, 2.05) is 0 Å². The Morgan fingerprint density at radius 2 is 2.36 bits per heavy atom. The highest BCUT2D eigenvalue weighted by Gasteiger charge is 2.11. The van der Waals surface area contributed by atoms with Gasteiger partial charge in [0, 0.05) is 19.4 Å². The highest BCUT2D eigenvalue weighted by atomic mass is 16.4. The van der Waals surface area contributed by atoms with E-state index in [2.05, 4.69) is 9.97 Å². The molecule has 2 aromatic rings. The van der Waals surface area contributed by atoms with Crippen LogP contribution in [0.25, 0.3) is 11.0 Å². The van der Waals surface area contributed by atoms with Gasteiger partial charge in [-0.3, -0.25) is 0 Å². The molecule has 6 heteroatoms. The monoisotopic (exact) mass is 192 g/mol. The van der Waals surface area contributed by atoms with E-state index in [1.54, 1.807) is 17.8 Å². The summed E-state index contributed by atoms with van der Waals surface area (Å²) in [6.45, 7) is 0. The van der Waals surface area contributed by atoms with Crippen molar-refractivity contribution in [2.45, 2.75) is 0 Å². The molecule has 14 heavy (non-hydrogen) atoms. The molecule has 72 valence electrons. The summed E-state index contributed by atoms with van der Waals surface area (Å²) in [6, 6.07) is 0. The van der Waals surface area contributed by atoms with Crippen LogP contribution < -0.4 is 5.73 Å². The average molecular weight is 192 g/mol. The van der Waals surface area contributed by atoms with Crippen LogP contribution in [0.15, 0.2) is 12.4 Å². The topological polar surface area (TPSA) is 94.0 Å². The molecule has 0 saturated carbocycles. The highest BCUT2D eigenvalue weighted by Crippen LogP contribution is 2.19. The number of nitrogens with two attached hydrogens (primary N) is 1. The molecule has 2 aromatic heterocycles. The second-order valence-corrected chi connectivity index (χ2v) is 2.93. The maximum Gasteiger partial charge on any atom is 0.374 e. The molecule has 0 bridgehead atoms. The zero-order chi connectivity index (χ0) is 10.3. The van der Waals surface area contributed by atoms with Crippen LogP contribution in [0.5, 0.6) is 0 Å². The van der Waals surface area contributed by atoms with E-state index < -0.39 is 5.97 Å². The molecule has 0 aliphatic rings. The number of hydrogen-bond donors (Lipinski definition) is 2. The van der Waals surface area contributed by atoms with Gasteiger partial charge < -0.3 is 15.4 Å². The number of nitrogen functional groups attached to an aromatic ring is 1. The Bertz CT molecular complexity index is 517. The van der Waals surface area contributed by atoms with E-state index in [-0.39, 0.29) is 5.82 Å². The van der Waals surface area contributed by atoms with Crippen molar-refractivity contribution in [3.63, 3.8) is 0 Å². The minimum Gasteiger partial charge on any atom is -0.475 e. The number of carboxylic acids is 1. The standard InChI is InChI=1S/C8H8N4O2/c1-12-3-5(9)4-2-10-6(8(13)14)11-7(4)12/h2-3H,9H2,1H3,(H,13,14). The number of anilines is 1. The number of nitrogens with zero attached hydrogens (tertiary/aromatic N) is 3. The zero-order valence-electron chi connectivity index (χ0n) is 7.43. The number of carbonyl (C=O) groups is 1. The zero-order valence-corrected chi connectivity index (χ0v) is 7.43. The van der Waals surface area contributed by atoms with Gasteiger partial charge in [-0.05, 0) is 0 Å². The molecule has 0 radical (unpaired) electrons. The maximum atomic E-state index is 10.6.